The normalized spacial score (nSPS) is 10.9. The van der Waals surface area contributed by atoms with Crippen molar-refractivity contribution in [2.45, 2.75) is 0 Å². The number of phenols is 1. The number of benzene rings is 2. The van der Waals surface area contributed by atoms with Gasteiger partial charge in [-0.1, -0.05) is 39.7 Å². The number of halogens is 3. The minimum Gasteiger partial charge on any atom is -0.506 e. The molecule has 2 aromatic rings. The van der Waals surface area contributed by atoms with Gasteiger partial charge < -0.3 is 5.11 Å². The van der Waals surface area contributed by atoms with E-state index < -0.39 is 0 Å². The molecule has 0 aromatic heterocycles. The predicted molar refractivity (Wildman–Crippen MR) is 86.2 cm³/mol. The van der Waals surface area contributed by atoms with Gasteiger partial charge in [0.25, 0.3) is 0 Å². The molecule has 3 nitrogen and oxygen atoms in total. The Morgan fingerprint density at radius 3 is 2.68 bits per heavy atom. The number of phenolic OH excluding ortho intramolecular Hbond substituents is 1. The van der Waals surface area contributed by atoms with E-state index in [9.17, 15) is 5.11 Å². The molecular weight excluding hydrogens is 395 g/mol. The summed E-state index contributed by atoms with van der Waals surface area (Å²) in [6.07, 6.45) is 1.52. The van der Waals surface area contributed by atoms with Crippen LogP contribution in [0.5, 0.6) is 5.75 Å². The lowest BCUT2D eigenvalue weighted by Gasteiger charge is -2.04. The van der Waals surface area contributed by atoms with Crippen molar-refractivity contribution in [1.82, 2.24) is 0 Å². The van der Waals surface area contributed by atoms with Crippen LogP contribution in [-0.4, -0.2) is 11.3 Å². The zero-order valence-electron chi connectivity index (χ0n) is 9.57. The molecule has 0 aliphatic heterocycles. The highest BCUT2D eigenvalue weighted by atomic mass is 79.9. The third-order valence-electron chi connectivity index (χ3n) is 2.32. The van der Waals surface area contributed by atoms with Gasteiger partial charge in [0, 0.05) is 10.0 Å². The van der Waals surface area contributed by atoms with Crippen molar-refractivity contribution >= 4 is 55.4 Å². The molecule has 2 N–H and O–H groups in total. The Bertz CT molecular complexity index is 632. The van der Waals surface area contributed by atoms with E-state index in [0.717, 1.165) is 4.47 Å². The van der Waals surface area contributed by atoms with Crippen molar-refractivity contribution in [3.63, 3.8) is 0 Å². The van der Waals surface area contributed by atoms with Gasteiger partial charge in [0.15, 0.2) is 0 Å². The van der Waals surface area contributed by atoms with Crippen molar-refractivity contribution < 1.29 is 5.11 Å². The zero-order valence-corrected chi connectivity index (χ0v) is 13.5. The molecule has 0 saturated heterocycles. The summed E-state index contributed by atoms with van der Waals surface area (Å²) in [4.78, 5) is 0. The fraction of sp³-hybridized carbons (Fsp3) is 0. The second-order valence-corrected chi connectivity index (χ2v) is 5.85. The van der Waals surface area contributed by atoms with Gasteiger partial charge in [-0.25, -0.2) is 0 Å². The molecule has 0 atom stereocenters. The smallest absolute Gasteiger partial charge is 0.138 e. The van der Waals surface area contributed by atoms with E-state index >= 15 is 0 Å². The summed E-state index contributed by atoms with van der Waals surface area (Å²) >= 11 is 12.6. The SMILES string of the molecule is Oc1c(Br)cc(Br)cc1/C=N/Nc1ccccc1Cl. The second kappa shape index (κ2) is 6.41. The summed E-state index contributed by atoms with van der Waals surface area (Å²) in [5.41, 5.74) is 4.11. The van der Waals surface area contributed by atoms with Crippen LogP contribution in [-0.2, 0) is 0 Å². The van der Waals surface area contributed by atoms with Gasteiger partial charge in [-0.15, -0.1) is 0 Å². The fourth-order valence-electron chi connectivity index (χ4n) is 1.41. The lowest BCUT2D eigenvalue weighted by Crippen LogP contribution is -1.92. The molecule has 0 aliphatic carbocycles. The highest BCUT2D eigenvalue weighted by Gasteiger charge is 2.05. The molecule has 0 bridgehead atoms. The minimum atomic E-state index is 0.132. The van der Waals surface area contributed by atoms with Gasteiger partial charge in [0.05, 0.1) is 21.4 Å². The van der Waals surface area contributed by atoms with Gasteiger partial charge in [-0.3, -0.25) is 5.43 Å². The van der Waals surface area contributed by atoms with Gasteiger partial charge in [-0.2, -0.15) is 5.10 Å². The summed E-state index contributed by atoms with van der Waals surface area (Å²) in [5.74, 6) is 0.132. The number of rotatable bonds is 3. The Balaban J connectivity index is 2.18. The number of hydrogen-bond donors (Lipinski definition) is 2. The average Bonchev–Trinajstić information content (AvgIpc) is 2.37. The van der Waals surface area contributed by atoms with E-state index in [1.807, 2.05) is 18.2 Å². The number of aromatic hydroxyl groups is 1. The summed E-state index contributed by atoms with van der Waals surface area (Å²) in [6.45, 7) is 0. The van der Waals surface area contributed by atoms with Crippen molar-refractivity contribution in [3.05, 3.63) is 55.9 Å². The van der Waals surface area contributed by atoms with Crippen LogP contribution < -0.4 is 5.43 Å². The van der Waals surface area contributed by atoms with Gasteiger partial charge in [-0.05, 0) is 40.2 Å². The van der Waals surface area contributed by atoms with Gasteiger partial charge >= 0.3 is 0 Å². The first-order valence-corrected chi connectivity index (χ1v) is 7.26. The first kappa shape index (κ1) is 14.4. The van der Waals surface area contributed by atoms with Crippen LogP contribution in [0.3, 0.4) is 0 Å². The topological polar surface area (TPSA) is 44.6 Å². The number of nitrogens with one attached hydrogen (secondary N) is 1. The molecule has 0 spiro atoms. The van der Waals surface area contributed by atoms with E-state index in [1.165, 1.54) is 6.21 Å². The average molecular weight is 404 g/mol. The quantitative estimate of drug-likeness (QED) is 0.558. The minimum absolute atomic E-state index is 0.132. The third kappa shape index (κ3) is 3.72. The molecule has 6 heteroatoms. The number of anilines is 1. The van der Waals surface area contributed by atoms with Crippen LogP contribution in [0, 0.1) is 0 Å². The zero-order chi connectivity index (χ0) is 13.8. The van der Waals surface area contributed by atoms with Crippen LogP contribution in [0.1, 0.15) is 5.56 Å². The second-order valence-electron chi connectivity index (χ2n) is 3.68. The van der Waals surface area contributed by atoms with E-state index in [2.05, 4.69) is 42.4 Å². The predicted octanol–water partition coefficient (Wildman–Crippen LogP) is 5.02. The standard InChI is InChI=1S/C13H9Br2ClN2O/c14-9-5-8(13(19)10(15)6-9)7-17-18-12-4-2-1-3-11(12)16/h1-7,18-19H/b17-7+. The summed E-state index contributed by atoms with van der Waals surface area (Å²) in [6, 6.07) is 10.8. The van der Waals surface area contributed by atoms with E-state index in [-0.39, 0.29) is 5.75 Å². The fourth-order valence-corrected chi connectivity index (χ4v) is 2.84. The van der Waals surface area contributed by atoms with Crippen molar-refractivity contribution in [1.29, 1.82) is 0 Å². The van der Waals surface area contributed by atoms with Crippen molar-refractivity contribution in [2.24, 2.45) is 5.10 Å². The van der Waals surface area contributed by atoms with Crippen LogP contribution in [0.25, 0.3) is 0 Å². The Morgan fingerprint density at radius 2 is 1.95 bits per heavy atom. The molecule has 98 valence electrons. The molecule has 0 saturated carbocycles. The molecule has 0 aliphatic rings. The first-order chi connectivity index (χ1) is 9.08. The van der Waals surface area contributed by atoms with Gasteiger partial charge in [0.1, 0.15) is 5.75 Å². The van der Waals surface area contributed by atoms with Crippen LogP contribution in [0.2, 0.25) is 5.02 Å². The highest BCUT2D eigenvalue weighted by molar-refractivity contribution is 9.11. The summed E-state index contributed by atoms with van der Waals surface area (Å²) in [7, 11) is 0. The number of hydrogen-bond acceptors (Lipinski definition) is 3. The molecule has 19 heavy (non-hydrogen) atoms. The van der Waals surface area contributed by atoms with Crippen LogP contribution in [0.15, 0.2) is 50.4 Å². The van der Waals surface area contributed by atoms with Crippen LogP contribution in [0.4, 0.5) is 5.69 Å². The maximum Gasteiger partial charge on any atom is 0.138 e. The number of para-hydroxylation sites is 1. The first-order valence-electron chi connectivity index (χ1n) is 5.29. The molecule has 0 amide bonds. The maximum absolute atomic E-state index is 9.86. The summed E-state index contributed by atoms with van der Waals surface area (Å²) < 4.78 is 1.44. The third-order valence-corrected chi connectivity index (χ3v) is 3.71. The van der Waals surface area contributed by atoms with Gasteiger partial charge in [0.2, 0.25) is 0 Å². The Morgan fingerprint density at radius 1 is 1.21 bits per heavy atom. The van der Waals surface area contributed by atoms with Crippen molar-refractivity contribution in [3.8, 4) is 5.75 Å². The van der Waals surface area contributed by atoms with E-state index in [0.29, 0.717) is 20.7 Å². The molecule has 0 unspecified atom stereocenters. The lowest BCUT2D eigenvalue weighted by atomic mass is 10.2. The summed E-state index contributed by atoms with van der Waals surface area (Å²) in [5, 5.41) is 14.5. The molecule has 2 rings (SSSR count). The Labute approximate surface area is 132 Å². The highest BCUT2D eigenvalue weighted by Crippen LogP contribution is 2.30. The molecule has 2 aromatic carbocycles. The molecule has 0 radical (unpaired) electrons. The monoisotopic (exact) mass is 402 g/mol. The maximum atomic E-state index is 9.86. The van der Waals surface area contributed by atoms with E-state index in [1.54, 1.807) is 18.2 Å². The number of hydrazone groups is 1. The van der Waals surface area contributed by atoms with Crippen molar-refractivity contribution in [2.75, 3.05) is 5.43 Å². The Hall–Kier alpha value is -1.04. The van der Waals surface area contributed by atoms with Crippen LogP contribution >= 0.6 is 43.5 Å². The lowest BCUT2D eigenvalue weighted by molar-refractivity contribution is 0.471. The largest absolute Gasteiger partial charge is 0.506 e. The molecule has 0 heterocycles. The number of nitrogens with zero attached hydrogens (tertiary/aromatic N) is 1. The molecular formula is C13H9Br2ClN2O. The van der Waals surface area contributed by atoms with E-state index in [4.69, 9.17) is 11.6 Å². The Kier molecular flexibility index (Phi) is 4.85. The molecule has 0 fully saturated rings.